The number of para-hydroxylation sites is 1. The maximum atomic E-state index is 10.9. The Morgan fingerprint density at radius 3 is 3.00 bits per heavy atom. The molecule has 1 aromatic rings. The van der Waals surface area contributed by atoms with Gasteiger partial charge in [-0.3, -0.25) is 4.79 Å². The summed E-state index contributed by atoms with van der Waals surface area (Å²) in [6.07, 6.45) is 0.539. The molecule has 1 aliphatic heterocycles. The predicted octanol–water partition coefficient (Wildman–Crippen LogP) is 1.49. The van der Waals surface area contributed by atoms with Crippen LogP contribution in [0.1, 0.15) is 11.1 Å². The quantitative estimate of drug-likeness (QED) is 0.591. The molecule has 1 aliphatic rings. The van der Waals surface area contributed by atoms with Gasteiger partial charge in [-0.05, 0) is 18.1 Å². The van der Waals surface area contributed by atoms with Crippen LogP contribution in [0.5, 0.6) is 0 Å². The predicted molar refractivity (Wildman–Crippen MR) is 43.5 cm³/mol. The summed E-state index contributed by atoms with van der Waals surface area (Å²) < 4.78 is 0. The number of nitrogens with one attached hydrogen (secondary N) is 1. The minimum Gasteiger partial charge on any atom is -0.325 e. The third-order valence-electron chi connectivity index (χ3n) is 1.97. The van der Waals surface area contributed by atoms with E-state index >= 15 is 0 Å². The van der Waals surface area contributed by atoms with Gasteiger partial charge in [-0.2, -0.15) is 0 Å². The summed E-state index contributed by atoms with van der Waals surface area (Å²) in [6.45, 7) is 2.00. The van der Waals surface area contributed by atoms with E-state index in [-0.39, 0.29) is 5.91 Å². The molecule has 0 unspecified atom stereocenters. The summed E-state index contributed by atoms with van der Waals surface area (Å²) in [6, 6.07) is 5.97. The number of hydrogen-bond donors (Lipinski definition) is 1. The van der Waals surface area contributed by atoms with Crippen LogP contribution in [0.2, 0.25) is 0 Å². The molecule has 1 amide bonds. The highest BCUT2D eigenvalue weighted by atomic mass is 16.1. The zero-order valence-corrected chi connectivity index (χ0v) is 6.35. The molecule has 2 rings (SSSR count). The summed E-state index contributed by atoms with van der Waals surface area (Å²) >= 11 is 0. The zero-order chi connectivity index (χ0) is 7.84. The molecule has 11 heavy (non-hydrogen) atoms. The lowest BCUT2D eigenvalue weighted by Gasteiger charge is -2.00. The van der Waals surface area contributed by atoms with Crippen molar-refractivity contribution in [2.24, 2.45) is 0 Å². The lowest BCUT2D eigenvalue weighted by molar-refractivity contribution is -0.115. The fraction of sp³-hybridized carbons (Fsp3) is 0.222. The van der Waals surface area contributed by atoms with Crippen LogP contribution in [0.15, 0.2) is 18.2 Å². The van der Waals surface area contributed by atoms with Gasteiger partial charge in [0.25, 0.3) is 0 Å². The Morgan fingerprint density at radius 1 is 1.45 bits per heavy atom. The van der Waals surface area contributed by atoms with E-state index in [0.717, 1.165) is 16.8 Å². The Bertz CT molecular complexity index is 317. The van der Waals surface area contributed by atoms with Gasteiger partial charge in [0.05, 0.1) is 6.42 Å². The summed E-state index contributed by atoms with van der Waals surface area (Å²) in [5, 5.41) is 2.83. The highest BCUT2D eigenvalue weighted by Crippen LogP contribution is 2.25. The first-order chi connectivity index (χ1) is 5.27. The van der Waals surface area contributed by atoms with Crippen LogP contribution in [0.25, 0.3) is 0 Å². The standard InChI is InChI=1S/C9H9NO/c1-6-3-2-4-7-5-8(11)10-9(6)7/h2-4H,5H2,1H3,(H,10,11). The van der Waals surface area contributed by atoms with Gasteiger partial charge < -0.3 is 5.32 Å². The van der Waals surface area contributed by atoms with Crippen LogP contribution >= 0.6 is 0 Å². The van der Waals surface area contributed by atoms with Gasteiger partial charge in [0.2, 0.25) is 5.91 Å². The number of aryl methyl sites for hydroxylation is 1. The number of amides is 1. The van der Waals surface area contributed by atoms with Crippen LogP contribution in [-0.4, -0.2) is 5.91 Å². The number of rotatable bonds is 0. The van der Waals surface area contributed by atoms with E-state index in [4.69, 9.17) is 0 Å². The number of benzene rings is 1. The molecule has 56 valence electrons. The summed E-state index contributed by atoms with van der Waals surface area (Å²) in [5.41, 5.74) is 3.28. The van der Waals surface area contributed by atoms with Gasteiger partial charge >= 0.3 is 0 Å². The minimum absolute atomic E-state index is 0.106. The molecular formula is C9H9NO. The smallest absolute Gasteiger partial charge is 0.228 e. The molecule has 2 nitrogen and oxygen atoms in total. The largest absolute Gasteiger partial charge is 0.325 e. The van der Waals surface area contributed by atoms with E-state index in [9.17, 15) is 4.79 Å². The number of carbonyl (C=O) groups is 1. The second-order valence-corrected chi connectivity index (χ2v) is 2.83. The van der Waals surface area contributed by atoms with E-state index in [1.165, 1.54) is 0 Å². The Morgan fingerprint density at radius 2 is 2.27 bits per heavy atom. The third-order valence-corrected chi connectivity index (χ3v) is 1.97. The van der Waals surface area contributed by atoms with E-state index in [2.05, 4.69) is 5.32 Å². The molecule has 0 atom stereocenters. The Hall–Kier alpha value is -1.31. The molecule has 1 heterocycles. The fourth-order valence-corrected chi connectivity index (χ4v) is 1.41. The Labute approximate surface area is 65.2 Å². The van der Waals surface area contributed by atoms with Crippen molar-refractivity contribution in [3.63, 3.8) is 0 Å². The third kappa shape index (κ3) is 0.909. The Balaban J connectivity index is 2.57. The average Bonchev–Trinajstić information content (AvgIpc) is 2.31. The molecule has 0 spiro atoms. The van der Waals surface area contributed by atoms with E-state index in [1.54, 1.807) is 0 Å². The normalized spacial score (nSPS) is 14.5. The fourth-order valence-electron chi connectivity index (χ4n) is 1.41. The topological polar surface area (TPSA) is 29.1 Å². The SMILES string of the molecule is Cc1cccc2c1NC(=O)C2. The molecule has 0 aromatic heterocycles. The average molecular weight is 147 g/mol. The van der Waals surface area contributed by atoms with Crippen molar-refractivity contribution in [3.05, 3.63) is 29.3 Å². The van der Waals surface area contributed by atoms with Crippen molar-refractivity contribution in [1.29, 1.82) is 0 Å². The van der Waals surface area contributed by atoms with Crippen molar-refractivity contribution >= 4 is 11.6 Å². The molecule has 0 saturated heterocycles. The summed E-state index contributed by atoms with van der Waals surface area (Å²) in [7, 11) is 0. The van der Waals surface area contributed by atoms with Gasteiger partial charge in [-0.1, -0.05) is 18.2 Å². The molecule has 1 N–H and O–H groups in total. The molecule has 0 radical (unpaired) electrons. The number of fused-ring (bicyclic) bond motifs is 1. The molecule has 0 fully saturated rings. The van der Waals surface area contributed by atoms with E-state index < -0.39 is 0 Å². The second-order valence-electron chi connectivity index (χ2n) is 2.83. The van der Waals surface area contributed by atoms with Crippen molar-refractivity contribution in [1.82, 2.24) is 0 Å². The van der Waals surface area contributed by atoms with Crippen LogP contribution in [-0.2, 0) is 11.2 Å². The van der Waals surface area contributed by atoms with Gasteiger partial charge in [-0.25, -0.2) is 0 Å². The van der Waals surface area contributed by atoms with Crippen LogP contribution in [0, 0.1) is 6.92 Å². The number of anilines is 1. The molecule has 0 bridgehead atoms. The van der Waals surface area contributed by atoms with Crippen molar-refractivity contribution < 1.29 is 4.79 Å². The summed E-state index contributed by atoms with van der Waals surface area (Å²) in [5.74, 6) is 0.106. The molecule has 2 heteroatoms. The number of carbonyl (C=O) groups excluding carboxylic acids is 1. The van der Waals surface area contributed by atoms with Gasteiger partial charge in [0.15, 0.2) is 0 Å². The van der Waals surface area contributed by atoms with Crippen LogP contribution in [0.4, 0.5) is 5.69 Å². The van der Waals surface area contributed by atoms with E-state index in [1.807, 2.05) is 25.1 Å². The lowest BCUT2D eigenvalue weighted by atomic mass is 10.1. The highest BCUT2D eigenvalue weighted by Gasteiger charge is 2.17. The van der Waals surface area contributed by atoms with Gasteiger partial charge in [0, 0.05) is 5.69 Å². The van der Waals surface area contributed by atoms with E-state index in [0.29, 0.717) is 6.42 Å². The zero-order valence-electron chi connectivity index (χ0n) is 6.35. The maximum absolute atomic E-state index is 10.9. The summed E-state index contributed by atoms with van der Waals surface area (Å²) in [4.78, 5) is 10.9. The van der Waals surface area contributed by atoms with Crippen molar-refractivity contribution in [2.45, 2.75) is 13.3 Å². The molecular weight excluding hydrogens is 138 g/mol. The van der Waals surface area contributed by atoms with Crippen LogP contribution in [0.3, 0.4) is 0 Å². The van der Waals surface area contributed by atoms with Gasteiger partial charge in [-0.15, -0.1) is 0 Å². The van der Waals surface area contributed by atoms with Gasteiger partial charge in [0.1, 0.15) is 0 Å². The maximum Gasteiger partial charge on any atom is 0.228 e. The number of hydrogen-bond acceptors (Lipinski definition) is 1. The monoisotopic (exact) mass is 147 g/mol. The first-order valence-corrected chi connectivity index (χ1v) is 3.66. The first-order valence-electron chi connectivity index (χ1n) is 3.66. The lowest BCUT2D eigenvalue weighted by Crippen LogP contribution is -2.04. The first kappa shape index (κ1) is 6.40. The molecule has 0 saturated carbocycles. The highest BCUT2D eigenvalue weighted by molar-refractivity contribution is 5.99. The molecule has 0 aliphatic carbocycles. The Kier molecular flexibility index (Phi) is 1.22. The van der Waals surface area contributed by atoms with Crippen molar-refractivity contribution in [2.75, 3.05) is 5.32 Å². The second kappa shape index (κ2) is 2.09. The van der Waals surface area contributed by atoms with Crippen LogP contribution < -0.4 is 5.32 Å². The molecule has 1 aromatic carbocycles. The van der Waals surface area contributed by atoms with Crippen molar-refractivity contribution in [3.8, 4) is 0 Å². The minimum atomic E-state index is 0.106.